The fraction of sp³-hybridized carbons (Fsp3) is 0.429. The molecule has 2 amide bonds. The van der Waals surface area contributed by atoms with Crippen LogP contribution in [0.1, 0.15) is 18.4 Å². The summed E-state index contributed by atoms with van der Waals surface area (Å²) >= 11 is 0. The molecule has 0 spiro atoms. The van der Waals surface area contributed by atoms with E-state index in [0.717, 1.165) is 5.56 Å². The molecule has 2 rings (SSSR count). The molecule has 1 aromatic rings. The van der Waals surface area contributed by atoms with Gasteiger partial charge in [-0.15, -0.1) is 0 Å². The molecule has 0 aliphatic carbocycles. The summed E-state index contributed by atoms with van der Waals surface area (Å²) in [5.41, 5.74) is 0.955. The highest BCUT2D eigenvalue weighted by Crippen LogP contribution is 2.20. The van der Waals surface area contributed by atoms with E-state index in [1.807, 2.05) is 0 Å². The monoisotopic (exact) mass is 280 g/mol. The number of aliphatic carboxylic acids is 1. The van der Waals surface area contributed by atoms with Crippen molar-refractivity contribution in [3.05, 3.63) is 29.6 Å². The molecule has 2 N–H and O–H groups in total. The van der Waals surface area contributed by atoms with Gasteiger partial charge in [0.05, 0.1) is 11.6 Å². The van der Waals surface area contributed by atoms with E-state index < -0.39 is 23.7 Å². The number of benzene rings is 1. The molecule has 1 heterocycles. The molecule has 1 atom stereocenters. The number of anilines is 1. The summed E-state index contributed by atoms with van der Waals surface area (Å²) in [4.78, 5) is 24.4. The minimum atomic E-state index is -0.899. The molecule has 0 aromatic heterocycles. The van der Waals surface area contributed by atoms with Crippen molar-refractivity contribution in [2.24, 2.45) is 5.92 Å². The predicted molar refractivity (Wildman–Crippen MR) is 72.1 cm³/mol. The van der Waals surface area contributed by atoms with E-state index in [-0.39, 0.29) is 12.2 Å². The van der Waals surface area contributed by atoms with Crippen molar-refractivity contribution in [3.63, 3.8) is 0 Å². The van der Waals surface area contributed by atoms with Crippen LogP contribution < -0.4 is 5.32 Å². The number of hydrogen-bond acceptors (Lipinski definition) is 2. The Balaban J connectivity index is 2.04. The summed E-state index contributed by atoms with van der Waals surface area (Å²) in [5, 5.41) is 11.5. The molecule has 1 aromatic carbocycles. The second-order valence-electron chi connectivity index (χ2n) is 5.04. The van der Waals surface area contributed by atoms with E-state index in [9.17, 15) is 14.0 Å². The van der Waals surface area contributed by atoms with Gasteiger partial charge in [-0.1, -0.05) is 6.07 Å². The molecule has 1 unspecified atom stereocenters. The zero-order valence-corrected chi connectivity index (χ0v) is 11.2. The number of halogens is 1. The minimum Gasteiger partial charge on any atom is -0.481 e. The van der Waals surface area contributed by atoms with Gasteiger partial charge in [0.15, 0.2) is 0 Å². The van der Waals surface area contributed by atoms with E-state index >= 15 is 0 Å². The van der Waals surface area contributed by atoms with Gasteiger partial charge in [0, 0.05) is 13.1 Å². The number of carboxylic acids is 1. The molecular weight excluding hydrogens is 263 g/mol. The average Bonchev–Trinajstić information content (AvgIpc) is 2.43. The fourth-order valence-electron chi connectivity index (χ4n) is 2.29. The van der Waals surface area contributed by atoms with E-state index in [2.05, 4.69) is 5.32 Å². The zero-order chi connectivity index (χ0) is 14.7. The maximum absolute atomic E-state index is 13.6. The number of likely N-dealkylation sites (tertiary alicyclic amines) is 1. The van der Waals surface area contributed by atoms with Gasteiger partial charge in [-0.05, 0) is 37.5 Å². The van der Waals surface area contributed by atoms with Crippen LogP contribution in [0.15, 0.2) is 18.2 Å². The Kier molecular flexibility index (Phi) is 4.22. The molecule has 5 nitrogen and oxygen atoms in total. The molecule has 1 fully saturated rings. The van der Waals surface area contributed by atoms with E-state index in [1.54, 1.807) is 19.1 Å². The number of hydrogen-bond donors (Lipinski definition) is 2. The highest BCUT2D eigenvalue weighted by Gasteiger charge is 2.28. The van der Waals surface area contributed by atoms with Crippen LogP contribution in [0.4, 0.5) is 14.9 Å². The normalized spacial score (nSPS) is 18.7. The summed E-state index contributed by atoms with van der Waals surface area (Å²) in [7, 11) is 0. The number of carbonyl (C=O) groups is 2. The Labute approximate surface area is 116 Å². The zero-order valence-electron chi connectivity index (χ0n) is 11.2. The molecule has 6 heteroatoms. The van der Waals surface area contributed by atoms with Crippen molar-refractivity contribution >= 4 is 17.7 Å². The van der Waals surface area contributed by atoms with Gasteiger partial charge in [-0.25, -0.2) is 9.18 Å². The first-order valence-electron chi connectivity index (χ1n) is 6.52. The topological polar surface area (TPSA) is 69.6 Å². The second kappa shape index (κ2) is 5.90. The summed E-state index contributed by atoms with van der Waals surface area (Å²) in [5.74, 6) is -1.95. The van der Waals surface area contributed by atoms with Crippen LogP contribution in [0.5, 0.6) is 0 Å². The molecule has 1 aliphatic rings. The fourth-order valence-corrected chi connectivity index (χ4v) is 2.29. The molecule has 20 heavy (non-hydrogen) atoms. The Morgan fingerprint density at radius 3 is 2.90 bits per heavy atom. The molecule has 1 aliphatic heterocycles. The molecule has 0 bridgehead atoms. The SMILES string of the molecule is Cc1ccc(F)c(NC(=O)N2CCCC(C(=O)O)C2)c1. The first-order valence-corrected chi connectivity index (χ1v) is 6.52. The predicted octanol–water partition coefficient (Wildman–Crippen LogP) is 2.46. The van der Waals surface area contributed by atoms with Crippen LogP contribution in [0.25, 0.3) is 0 Å². The van der Waals surface area contributed by atoms with Crippen LogP contribution in [0.2, 0.25) is 0 Å². The number of urea groups is 1. The summed E-state index contributed by atoms with van der Waals surface area (Å²) < 4.78 is 13.6. The van der Waals surface area contributed by atoms with Crippen molar-refractivity contribution < 1.29 is 19.1 Å². The van der Waals surface area contributed by atoms with Crippen molar-refractivity contribution in [1.82, 2.24) is 4.90 Å². The van der Waals surface area contributed by atoms with Gasteiger partial charge in [-0.2, -0.15) is 0 Å². The van der Waals surface area contributed by atoms with Crippen LogP contribution in [-0.2, 0) is 4.79 Å². The van der Waals surface area contributed by atoms with Gasteiger partial charge in [0.25, 0.3) is 0 Å². The van der Waals surface area contributed by atoms with E-state index in [4.69, 9.17) is 5.11 Å². The number of nitrogens with one attached hydrogen (secondary N) is 1. The number of rotatable bonds is 2. The smallest absolute Gasteiger partial charge is 0.321 e. The average molecular weight is 280 g/mol. The molecule has 108 valence electrons. The first kappa shape index (κ1) is 14.3. The quantitative estimate of drug-likeness (QED) is 0.874. The number of aryl methyl sites for hydroxylation is 1. The number of piperidine rings is 1. The van der Waals surface area contributed by atoms with Crippen molar-refractivity contribution in [3.8, 4) is 0 Å². The second-order valence-corrected chi connectivity index (χ2v) is 5.04. The van der Waals surface area contributed by atoms with Crippen LogP contribution in [0.3, 0.4) is 0 Å². The first-order chi connectivity index (χ1) is 9.47. The van der Waals surface area contributed by atoms with Crippen LogP contribution in [0, 0.1) is 18.7 Å². The lowest BCUT2D eigenvalue weighted by Crippen LogP contribution is -2.44. The largest absolute Gasteiger partial charge is 0.481 e. The summed E-state index contributed by atoms with van der Waals surface area (Å²) in [6.45, 7) is 2.45. The third kappa shape index (κ3) is 3.26. The summed E-state index contributed by atoms with van der Waals surface area (Å²) in [6, 6.07) is 4.00. The standard InChI is InChI=1S/C14H17FN2O3/c1-9-4-5-11(15)12(7-9)16-14(20)17-6-2-3-10(8-17)13(18)19/h4-5,7,10H,2-3,6,8H2,1H3,(H,16,20)(H,18,19). The highest BCUT2D eigenvalue weighted by atomic mass is 19.1. The minimum absolute atomic E-state index is 0.118. The van der Waals surface area contributed by atoms with Crippen LogP contribution in [-0.4, -0.2) is 35.1 Å². The van der Waals surface area contributed by atoms with Crippen molar-refractivity contribution in [2.75, 3.05) is 18.4 Å². The van der Waals surface area contributed by atoms with Crippen LogP contribution >= 0.6 is 0 Å². The van der Waals surface area contributed by atoms with Crippen molar-refractivity contribution in [2.45, 2.75) is 19.8 Å². The molecular formula is C14H17FN2O3. The Bertz CT molecular complexity index is 533. The third-order valence-electron chi connectivity index (χ3n) is 3.42. The van der Waals surface area contributed by atoms with Gasteiger partial charge in [0.1, 0.15) is 5.82 Å². The number of amides is 2. The third-order valence-corrected chi connectivity index (χ3v) is 3.42. The van der Waals surface area contributed by atoms with Gasteiger partial charge in [0.2, 0.25) is 0 Å². The molecule has 0 radical (unpaired) electrons. The highest BCUT2D eigenvalue weighted by molar-refractivity contribution is 5.90. The Morgan fingerprint density at radius 2 is 2.20 bits per heavy atom. The van der Waals surface area contributed by atoms with Gasteiger partial charge in [-0.3, -0.25) is 4.79 Å². The lowest BCUT2D eigenvalue weighted by Gasteiger charge is -2.30. The summed E-state index contributed by atoms with van der Waals surface area (Å²) in [6.07, 6.45) is 1.21. The maximum atomic E-state index is 13.6. The lowest BCUT2D eigenvalue weighted by atomic mass is 9.99. The lowest BCUT2D eigenvalue weighted by molar-refractivity contribution is -0.143. The van der Waals surface area contributed by atoms with E-state index in [0.29, 0.717) is 19.4 Å². The van der Waals surface area contributed by atoms with Gasteiger partial charge >= 0.3 is 12.0 Å². The Morgan fingerprint density at radius 1 is 1.45 bits per heavy atom. The number of carboxylic acid groups (broad SMARTS) is 1. The van der Waals surface area contributed by atoms with Gasteiger partial charge < -0.3 is 15.3 Å². The Hall–Kier alpha value is -2.11. The van der Waals surface area contributed by atoms with E-state index in [1.165, 1.54) is 11.0 Å². The van der Waals surface area contributed by atoms with Crippen molar-refractivity contribution in [1.29, 1.82) is 0 Å². The molecule has 1 saturated heterocycles. The number of carbonyl (C=O) groups excluding carboxylic acids is 1. The molecule has 0 saturated carbocycles. The number of nitrogens with zero attached hydrogens (tertiary/aromatic N) is 1. The maximum Gasteiger partial charge on any atom is 0.321 e.